The second-order valence-corrected chi connectivity index (χ2v) is 5.81. The summed E-state index contributed by atoms with van der Waals surface area (Å²) in [6.45, 7) is 0. The van der Waals surface area contributed by atoms with E-state index in [4.69, 9.17) is 0 Å². The second kappa shape index (κ2) is 2.83. The van der Waals surface area contributed by atoms with E-state index in [9.17, 15) is 0 Å². The lowest BCUT2D eigenvalue weighted by Gasteiger charge is -2.15. The number of benzene rings is 1. The molecule has 2 bridgehead atoms. The van der Waals surface area contributed by atoms with Crippen LogP contribution in [0.15, 0.2) is 21.1 Å². The van der Waals surface area contributed by atoms with E-state index in [1.165, 1.54) is 28.2 Å². The first kappa shape index (κ1) is 8.49. The predicted molar refractivity (Wildman–Crippen MR) is 61.2 cm³/mol. The molecule has 1 aromatic carbocycles. The van der Waals surface area contributed by atoms with E-state index in [-0.39, 0.29) is 0 Å². The highest BCUT2D eigenvalue weighted by Gasteiger charge is 2.36. The Labute approximate surface area is 95.0 Å². The fourth-order valence-electron chi connectivity index (χ4n) is 2.83. The van der Waals surface area contributed by atoms with E-state index < -0.39 is 0 Å². The summed E-state index contributed by atoms with van der Waals surface area (Å²) in [7, 11) is 0. The van der Waals surface area contributed by atoms with Gasteiger partial charge >= 0.3 is 0 Å². The molecule has 2 heteroatoms. The molecule has 0 saturated heterocycles. The third kappa shape index (κ3) is 1.15. The average Bonchev–Trinajstić information content (AvgIpc) is 2.67. The third-order valence-corrected chi connectivity index (χ3v) is 5.28. The van der Waals surface area contributed by atoms with Gasteiger partial charge in [-0.05, 0) is 86.2 Å². The first-order chi connectivity index (χ1) is 6.25. The zero-order valence-corrected chi connectivity index (χ0v) is 10.4. The van der Waals surface area contributed by atoms with Crippen LogP contribution in [0.3, 0.4) is 0 Å². The Morgan fingerprint density at radius 1 is 0.923 bits per heavy atom. The van der Waals surface area contributed by atoms with Crippen LogP contribution in [0.1, 0.15) is 42.2 Å². The van der Waals surface area contributed by atoms with Crippen LogP contribution in [-0.4, -0.2) is 0 Å². The van der Waals surface area contributed by atoms with Gasteiger partial charge in [-0.2, -0.15) is 0 Å². The topological polar surface area (TPSA) is 0 Å². The van der Waals surface area contributed by atoms with Crippen LogP contribution in [-0.2, 0) is 0 Å². The van der Waals surface area contributed by atoms with Crippen LogP contribution in [0.25, 0.3) is 0 Å². The Morgan fingerprint density at radius 3 is 1.85 bits per heavy atom. The molecule has 0 N–H and O–H groups in total. The molecular formula is C11H10Br2. The number of fused-ring (bicyclic) bond motifs is 5. The molecule has 13 heavy (non-hydrogen) atoms. The molecule has 2 unspecified atom stereocenters. The van der Waals surface area contributed by atoms with Crippen molar-refractivity contribution >= 4 is 31.9 Å². The Hall–Kier alpha value is 0.180. The molecule has 0 spiro atoms. The summed E-state index contributed by atoms with van der Waals surface area (Å²) < 4.78 is 2.41. The molecule has 68 valence electrons. The van der Waals surface area contributed by atoms with Crippen molar-refractivity contribution in [3.63, 3.8) is 0 Å². The molecule has 0 heterocycles. The van der Waals surface area contributed by atoms with Gasteiger partial charge in [-0.1, -0.05) is 0 Å². The minimum absolute atomic E-state index is 0.865. The molecular weight excluding hydrogens is 292 g/mol. The van der Waals surface area contributed by atoms with Crippen molar-refractivity contribution in [2.75, 3.05) is 0 Å². The Kier molecular flexibility index (Phi) is 1.85. The van der Waals surface area contributed by atoms with Crippen LogP contribution in [0.4, 0.5) is 0 Å². The van der Waals surface area contributed by atoms with E-state index >= 15 is 0 Å². The van der Waals surface area contributed by atoms with Gasteiger partial charge < -0.3 is 0 Å². The molecule has 0 aliphatic heterocycles. The molecule has 2 atom stereocenters. The monoisotopic (exact) mass is 300 g/mol. The Bertz CT molecular complexity index is 336. The zero-order valence-electron chi connectivity index (χ0n) is 7.19. The van der Waals surface area contributed by atoms with Crippen molar-refractivity contribution in [2.24, 2.45) is 0 Å². The number of halogens is 2. The predicted octanol–water partition coefficient (Wildman–Crippen LogP) is 4.58. The van der Waals surface area contributed by atoms with Gasteiger partial charge in [0.1, 0.15) is 0 Å². The molecule has 1 fully saturated rings. The van der Waals surface area contributed by atoms with Gasteiger partial charge in [0, 0.05) is 8.95 Å². The van der Waals surface area contributed by atoms with Gasteiger partial charge in [-0.3, -0.25) is 0 Å². The van der Waals surface area contributed by atoms with E-state index in [1.807, 2.05) is 0 Å². The van der Waals surface area contributed by atoms with Crippen LogP contribution < -0.4 is 0 Å². The standard InChI is InChI=1S/C11H10Br2/c12-10-4-8-6-1-2-7(3-6)9(8)5-11(10)13/h4-7H,1-3H2. The highest BCUT2D eigenvalue weighted by atomic mass is 79.9. The quantitative estimate of drug-likeness (QED) is 0.658. The summed E-state index contributed by atoms with van der Waals surface area (Å²) in [6, 6.07) is 4.62. The highest BCUT2D eigenvalue weighted by molar-refractivity contribution is 9.13. The third-order valence-electron chi connectivity index (χ3n) is 3.44. The molecule has 0 radical (unpaired) electrons. The first-order valence-corrected chi connectivity index (χ1v) is 6.33. The smallest absolute Gasteiger partial charge is 0.0320 e. The van der Waals surface area contributed by atoms with Gasteiger partial charge in [0.15, 0.2) is 0 Å². The fourth-order valence-corrected chi connectivity index (χ4v) is 3.55. The van der Waals surface area contributed by atoms with Gasteiger partial charge in [0.25, 0.3) is 0 Å². The number of hydrogen-bond donors (Lipinski definition) is 0. The first-order valence-electron chi connectivity index (χ1n) is 4.74. The molecule has 2 aliphatic carbocycles. The lowest BCUT2D eigenvalue weighted by molar-refractivity contribution is 0.716. The molecule has 1 saturated carbocycles. The SMILES string of the molecule is Brc1cc2c(cc1Br)C1CCC2C1. The summed E-state index contributed by atoms with van der Waals surface area (Å²) in [5, 5.41) is 0. The zero-order chi connectivity index (χ0) is 9.00. The van der Waals surface area contributed by atoms with Gasteiger partial charge in [-0.15, -0.1) is 0 Å². The minimum atomic E-state index is 0.865. The Balaban J connectivity index is 2.22. The van der Waals surface area contributed by atoms with E-state index in [1.54, 1.807) is 11.1 Å². The molecule has 0 amide bonds. The van der Waals surface area contributed by atoms with Crippen LogP contribution in [0.5, 0.6) is 0 Å². The molecule has 0 aromatic heterocycles. The van der Waals surface area contributed by atoms with Gasteiger partial charge in [0.05, 0.1) is 0 Å². The number of hydrogen-bond acceptors (Lipinski definition) is 0. The van der Waals surface area contributed by atoms with E-state index in [0.717, 1.165) is 11.8 Å². The van der Waals surface area contributed by atoms with E-state index in [0.29, 0.717) is 0 Å². The van der Waals surface area contributed by atoms with E-state index in [2.05, 4.69) is 44.0 Å². The summed E-state index contributed by atoms with van der Waals surface area (Å²) in [5.74, 6) is 1.73. The maximum Gasteiger partial charge on any atom is 0.0320 e. The van der Waals surface area contributed by atoms with Crippen molar-refractivity contribution in [1.82, 2.24) is 0 Å². The van der Waals surface area contributed by atoms with Gasteiger partial charge in [-0.25, -0.2) is 0 Å². The van der Waals surface area contributed by atoms with Crippen LogP contribution in [0.2, 0.25) is 0 Å². The highest BCUT2D eigenvalue weighted by Crippen LogP contribution is 2.54. The van der Waals surface area contributed by atoms with Gasteiger partial charge in [0.2, 0.25) is 0 Å². The van der Waals surface area contributed by atoms with Crippen molar-refractivity contribution < 1.29 is 0 Å². The minimum Gasteiger partial charge on any atom is -0.0496 e. The van der Waals surface area contributed by atoms with Crippen molar-refractivity contribution in [1.29, 1.82) is 0 Å². The lowest BCUT2D eigenvalue weighted by atomic mass is 9.92. The normalized spacial score (nSPS) is 29.4. The lowest BCUT2D eigenvalue weighted by Crippen LogP contribution is -1.97. The van der Waals surface area contributed by atoms with Crippen LogP contribution in [0, 0.1) is 0 Å². The summed E-state index contributed by atoms with van der Waals surface area (Å²) >= 11 is 7.15. The second-order valence-electron chi connectivity index (χ2n) is 4.10. The number of rotatable bonds is 0. The average molecular weight is 302 g/mol. The molecule has 1 aromatic rings. The summed E-state index contributed by atoms with van der Waals surface area (Å²) in [5.41, 5.74) is 3.21. The maximum absolute atomic E-state index is 3.57. The molecule has 3 rings (SSSR count). The van der Waals surface area contributed by atoms with Crippen molar-refractivity contribution in [3.8, 4) is 0 Å². The van der Waals surface area contributed by atoms with Crippen molar-refractivity contribution in [3.05, 3.63) is 32.2 Å². The van der Waals surface area contributed by atoms with Crippen LogP contribution >= 0.6 is 31.9 Å². The fraction of sp³-hybridized carbons (Fsp3) is 0.455. The largest absolute Gasteiger partial charge is 0.0496 e. The maximum atomic E-state index is 3.57. The molecule has 0 nitrogen and oxygen atoms in total. The molecule has 2 aliphatic rings. The Morgan fingerprint density at radius 2 is 1.38 bits per heavy atom. The summed E-state index contributed by atoms with van der Waals surface area (Å²) in [4.78, 5) is 0. The van der Waals surface area contributed by atoms with Crippen molar-refractivity contribution in [2.45, 2.75) is 31.1 Å². The summed E-state index contributed by atoms with van der Waals surface area (Å²) in [6.07, 6.45) is 4.22.